The maximum Gasteiger partial charge on any atom is 0.490 e. The van der Waals surface area contributed by atoms with E-state index in [1.54, 1.807) is 36.4 Å². The average molecular weight is 562 g/mol. The maximum atomic E-state index is 14.0. The average Bonchev–Trinajstić information content (AvgIpc) is 2.90. The zero-order valence-electron chi connectivity index (χ0n) is 21.4. The van der Waals surface area contributed by atoms with Gasteiger partial charge in [-0.05, 0) is 42.8 Å². The van der Waals surface area contributed by atoms with E-state index < -0.39 is 18.1 Å². The standard InChI is InChI=1S/C26H26FN3O3.C2HF3O2/c1-18-6-2-4-8-21(18)25(31)28-20-10-11-24(22(16-20)26(32)33)30-14-12-29(13-15-30)17-19-7-3-5-9-23(19)27;3-2(4,5)1(6)7/h2-11,16H,12-15,17H2,1H3,(H,28,31)(H,32,33);(H,6,7). The second kappa shape index (κ2) is 13.1. The van der Waals surface area contributed by atoms with Crippen LogP contribution in [-0.2, 0) is 11.3 Å². The molecule has 1 aliphatic heterocycles. The van der Waals surface area contributed by atoms with Crippen molar-refractivity contribution in [3.05, 3.63) is 94.8 Å². The van der Waals surface area contributed by atoms with E-state index in [1.165, 1.54) is 12.1 Å². The molecule has 40 heavy (non-hydrogen) atoms. The van der Waals surface area contributed by atoms with Gasteiger partial charge in [-0.2, -0.15) is 13.2 Å². The van der Waals surface area contributed by atoms with E-state index in [0.717, 1.165) is 5.56 Å². The van der Waals surface area contributed by atoms with Crippen molar-refractivity contribution in [2.75, 3.05) is 36.4 Å². The first-order chi connectivity index (χ1) is 18.9. The van der Waals surface area contributed by atoms with Crippen LogP contribution in [0.3, 0.4) is 0 Å². The first kappa shape index (κ1) is 30.1. The quantitative estimate of drug-likeness (QED) is 0.362. The summed E-state index contributed by atoms with van der Waals surface area (Å²) in [6.45, 7) is 5.02. The van der Waals surface area contributed by atoms with Crippen molar-refractivity contribution in [3.8, 4) is 0 Å². The van der Waals surface area contributed by atoms with Crippen molar-refractivity contribution in [1.29, 1.82) is 0 Å². The molecule has 0 radical (unpaired) electrons. The first-order valence-corrected chi connectivity index (χ1v) is 12.1. The number of carboxylic acid groups (broad SMARTS) is 2. The monoisotopic (exact) mass is 561 g/mol. The number of carboxylic acids is 2. The number of anilines is 2. The molecule has 212 valence electrons. The molecule has 1 aliphatic rings. The SMILES string of the molecule is Cc1ccccc1C(=O)Nc1ccc(N2CCN(Cc3ccccc3F)CC2)c(C(=O)O)c1.O=C(O)C(F)(F)F. The van der Waals surface area contributed by atoms with Gasteiger partial charge in [-0.15, -0.1) is 0 Å². The number of carbonyl (C=O) groups is 3. The molecule has 12 heteroatoms. The third-order valence-electron chi connectivity index (χ3n) is 6.18. The second-order valence-corrected chi connectivity index (χ2v) is 8.96. The van der Waals surface area contributed by atoms with Crippen LogP contribution in [0.25, 0.3) is 0 Å². The van der Waals surface area contributed by atoms with E-state index >= 15 is 0 Å². The minimum atomic E-state index is -5.08. The van der Waals surface area contributed by atoms with Crippen molar-refractivity contribution >= 4 is 29.2 Å². The molecule has 0 aromatic heterocycles. The number of nitrogens with one attached hydrogen (secondary N) is 1. The molecule has 3 aromatic carbocycles. The molecule has 0 atom stereocenters. The molecule has 0 unspecified atom stereocenters. The minimum absolute atomic E-state index is 0.139. The van der Waals surface area contributed by atoms with E-state index in [2.05, 4.69) is 10.2 Å². The zero-order chi connectivity index (χ0) is 29.4. The lowest BCUT2D eigenvalue weighted by molar-refractivity contribution is -0.192. The number of aliphatic carboxylic acids is 1. The van der Waals surface area contributed by atoms with Gasteiger partial charge >= 0.3 is 18.1 Å². The summed E-state index contributed by atoms with van der Waals surface area (Å²) in [6, 6.07) is 19.0. The number of carbonyl (C=O) groups excluding carboxylic acids is 1. The molecule has 0 aliphatic carbocycles. The van der Waals surface area contributed by atoms with E-state index in [-0.39, 0.29) is 17.3 Å². The number of aromatic carboxylic acids is 1. The fourth-order valence-corrected chi connectivity index (χ4v) is 4.10. The summed E-state index contributed by atoms with van der Waals surface area (Å²) in [5.74, 6) is -4.30. The number of hydrogen-bond donors (Lipinski definition) is 3. The number of rotatable bonds is 6. The van der Waals surface area contributed by atoms with Crippen molar-refractivity contribution < 1.29 is 42.2 Å². The van der Waals surface area contributed by atoms with E-state index in [1.807, 2.05) is 30.0 Å². The fraction of sp³-hybridized carbons (Fsp3) is 0.250. The molecule has 1 amide bonds. The number of piperazine rings is 1. The Balaban J connectivity index is 0.000000559. The highest BCUT2D eigenvalue weighted by molar-refractivity contribution is 6.06. The number of amides is 1. The Kier molecular flexibility index (Phi) is 9.83. The molecule has 4 rings (SSSR count). The van der Waals surface area contributed by atoms with Crippen molar-refractivity contribution in [2.45, 2.75) is 19.6 Å². The molecule has 1 fully saturated rings. The molecule has 1 saturated heterocycles. The zero-order valence-corrected chi connectivity index (χ0v) is 21.4. The molecule has 1 heterocycles. The Labute approximate surface area is 227 Å². The number of hydrogen-bond acceptors (Lipinski definition) is 5. The Morgan fingerprint density at radius 3 is 2.05 bits per heavy atom. The lowest BCUT2D eigenvalue weighted by Gasteiger charge is -2.36. The Morgan fingerprint density at radius 1 is 0.875 bits per heavy atom. The van der Waals surface area contributed by atoms with Crippen LogP contribution in [0, 0.1) is 12.7 Å². The van der Waals surface area contributed by atoms with Gasteiger partial charge in [-0.3, -0.25) is 9.69 Å². The Hall–Kier alpha value is -4.45. The van der Waals surface area contributed by atoms with Crippen LogP contribution < -0.4 is 10.2 Å². The van der Waals surface area contributed by atoms with Gasteiger partial charge in [0.05, 0.1) is 11.3 Å². The van der Waals surface area contributed by atoms with Gasteiger partial charge < -0.3 is 20.4 Å². The highest BCUT2D eigenvalue weighted by Crippen LogP contribution is 2.27. The third kappa shape index (κ3) is 8.03. The molecule has 0 saturated carbocycles. The van der Waals surface area contributed by atoms with Crippen LogP contribution in [0.4, 0.5) is 28.9 Å². The topological polar surface area (TPSA) is 110 Å². The smallest absolute Gasteiger partial charge is 0.478 e. The Morgan fingerprint density at radius 2 is 1.48 bits per heavy atom. The summed E-state index contributed by atoms with van der Waals surface area (Å²) in [5, 5.41) is 19.7. The molecular formula is C28H27F4N3O5. The van der Waals surface area contributed by atoms with E-state index in [0.29, 0.717) is 55.2 Å². The number of benzene rings is 3. The number of alkyl halides is 3. The van der Waals surface area contributed by atoms with Crippen LogP contribution in [0.2, 0.25) is 0 Å². The van der Waals surface area contributed by atoms with E-state index in [4.69, 9.17) is 9.90 Å². The van der Waals surface area contributed by atoms with Gasteiger partial charge in [-0.1, -0.05) is 36.4 Å². The van der Waals surface area contributed by atoms with Gasteiger partial charge in [0, 0.05) is 49.5 Å². The van der Waals surface area contributed by atoms with Crippen LogP contribution in [0.5, 0.6) is 0 Å². The maximum absolute atomic E-state index is 14.0. The predicted octanol–water partition coefficient (Wildman–Crippen LogP) is 5.04. The molecule has 0 bridgehead atoms. The van der Waals surface area contributed by atoms with Gasteiger partial charge in [0.25, 0.3) is 5.91 Å². The van der Waals surface area contributed by atoms with Crippen molar-refractivity contribution in [3.63, 3.8) is 0 Å². The van der Waals surface area contributed by atoms with Crippen LogP contribution in [-0.4, -0.2) is 65.3 Å². The van der Waals surface area contributed by atoms with Crippen LogP contribution in [0.15, 0.2) is 66.7 Å². The summed E-state index contributed by atoms with van der Waals surface area (Å²) in [4.78, 5) is 37.7. The molecule has 3 N–H and O–H groups in total. The summed E-state index contributed by atoms with van der Waals surface area (Å²) in [6.07, 6.45) is -5.08. The predicted molar refractivity (Wildman–Crippen MR) is 140 cm³/mol. The molecule has 3 aromatic rings. The molecule has 8 nitrogen and oxygen atoms in total. The van der Waals surface area contributed by atoms with Crippen LogP contribution in [0.1, 0.15) is 31.8 Å². The summed E-state index contributed by atoms with van der Waals surface area (Å²) in [5.41, 5.74) is 3.23. The number of nitrogens with zero attached hydrogens (tertiary/aromatic N) is 2. The highest BCUT2D eigenvalue weighted by Gasteiger charge is 2.38. The fourth-order valence-electron chi connectivity index (χ4n) is 4.10. The van der Waals surface area contributed by atoms with Crippen LogP contribution >= 0.6 is 0 Å². The van der Waals surface area contributed by atoms with Gasteiger partial charge in [0.15, 0.2) is 0 Å². The normalized spacial score (nSPS) is 13.7. The summed E-state index contributed by atoms with van der Waals surface area (Å²) < 4.78 is 45.7. The van der Waals surface area contributed by atoms with Gasteiger partial charge in [0.1, 0.15) is 5.82 Å². The van der Waals surface area contributed by atoms with Gasteiger partial charge in [-0.25, -0.2) is 14.0 Å². The largest absolute Gasteiger partial charge is 0.490 e. The lowest BCUT2D eigenvalue weighted by Crippen LogP contribution is -2.46. The van der Waals surface area contributed by atoms with Crippen molar-refractivity contribution in [1.82, 2.24) is 4.90 Å². The van der Waals surface area contributed by atoms with E-state index in [9.17, 15) is 32.3 Å². The summed E-state index contributed by atoms with van der Waals surface area (Å²) in [7, 11) is 0. The first-order valence-electron chi connectivity index (χ1n) is 12.1. The second-order valence-electron chi connectivity index (χ2n) is 8.96. The third-order valence-corrected chi connectivity index (χ3v) is 6.18. The highest BCUT2D eigenvalue weighted by atomic mass is 19.4. The van der Waals surface area contributed by atoms with Gasteiger partial charge in [0.2, 0.25) is 0 Å². The number of halogens is 4. The molecular weight excluding hydrogens is 534 g/mol. The number of aryl methyl sites for hydroxylation is 1. The molecule has 0 spiro atoms. The Bertz CT molecular complexity index is 1370. The minimum Gasteiger partial charge on any atom is -0.478 e. The summed E-state index contributed by atoms with van der Waals surface area (Å²) >= 11 is 0. The lowest BCUT2D eigenvalue weighted by atomic mass is 10.1. The van der Waals surface area contributed by atoms with Crippen molar-refractivity contribution in [2.24, 2.45) is 0 Å².